The number of carbonyl (C=O) groups excluding carboxylic acids is 1. The van der Waals surface area contributed by atoms with Crippen LogP contribution in [0.2, 0.25) is 0 Å². The van der Waals surface area contributed by atoms with Crippen LogP contribution in [0.5, 0.6) is 0 Å². The van der Waals surface area contributed by atoms with Crippen molar-refractivity contribution in [3.63, 3.8) is 0 Å². The van der Waals surface area contributed by atoms with Crippen LogP contribution in [0.15, 0.2) is 66.7 Å². The first kappa shape index (κ1) is 13.2. The Bertz CT molecular complexity index is 774. The van der Waals surface area contributed by atoms with Crippen molar-refractivity contribution in [3.05, 3.63) is 78.0 Å². The van der Waals surface area contributed by atoms with Gasteiger partial charge < -0.3 is 10.3 Å². The van der Waals surface area contributed by atoms with Crippen molar-refractivity contribution in [2.75, 3.05) is 0 Å². The molecule has 1 heterocycles. The second-order valence-electron chi connectivity index (χ2n) is 4.93. The van der Waals surface area contributed by atoms with E-state index < -0.39 is 5.91 Å². The van der Waals surface area contributed by atoms with Crippen molar-refractivity contribution in [1.82, 2.24) is 4.57 Å². The van der Waals surface area contributed by atoms with Crippen LogP contribution >= 0.6 is 0 Å². The van der Waals surface area contributed by atoms with Crippen LogP contribution in [-0.4, -0.2) is 10.5 Å². The van der Waals surface area contributed by atoms with E-state index in [9.17, 15) is 4.79 Å². The molecule has 21 heavy (non-hydrogen) atoms. The Morgan fingerprint density at radius 2 is 1.52 bits per heavy atom. The molecular formula is C18H16N2O. The van der Waals surface area contributed by atoms with Gasteiger partial charge in [0.15, 0.2) is 0 Å². The number of benzene rings is 2. The molecule has 0 spiro atoms. The van der Waals surface area contributed by atoms with Gasteiger partial charge in [-0.25, -0.2) is 0 Å². The van der Waals surface area contributed by atoms with Crippen molar-refractivity contribution < 1.29 is 4.79 Å². The fourth-order valence-electron chi connectivity index (χ4n) is 2.59. The summed E-state index contributed by atoms with van der Waals surface area (Å²) in [5, 5.41) is 0. The molecule has 3 rings (SSSR count). The third-order valence-electron chi connectivity index (χ3n) is 3.60. The summed E-state index contributed by atoms with van der Waals surface area (Å²) >= 11 is 0. The molecule has 0 bridgehead atoms. The molecule has 0 saturated carbocycles. The van der Waals surface area contributed by atoms with Crippen LogP contribution < -0.4 is 5.73 Å². The minimum Gasteiger partial charge on any atom is -0.366 e. The van der Waals surface area contributed by atoms with Crippen LogP contribution in [0.25, 0.3) is 16.9 Å². The zero-order chi connectivity index (χ0) is 14.8. The molecule has 3 heteroatoms. The number of hydrogen-bond donors (Lipinski definition) is 1. The second kappa shape index (κ2) is 5.29. The lowest BCUT2D eigenvalue weighted by Crippen LogP contribution is -2.12. The highest BCUT2D eigenvalue weighted by atomic mass is 16.1. The number of nitrogens with zero attached hydrogens (tertiary/aromatic N) is 1. The van der Waals surface area contributed by atoms with Crippen LogP contribution in [0.4, 0.5) is 0 Å². The molecule has 104 valence electrons. The molecule has 0 aliphatic heterocycles. The summed E-state index contributed by atoms with van der Waals surface area (Å²) < 4.78 is 2.06. The van der Waals surface area contributed by atoms with Crippen molar-refractivity contribution in [2.24, 2.45) is 5.73 Å². The molecule has 0 atom stereocenters. The molecular weight excluding hydrogens is 260 g/mol. The predicted octanol–water partition coefficient (Wildman–Crippen LogP) is 3.55. The number of carbonyl (C=O) groups is 1. The minimum absolute atomic E-state index is 0.403. The summed E-state index contributed by atoms with van der Waals surface area (Å²) in [7, 11) is 0. The standard InChI is InChI=1S/C18H16N2O/c1-13-16(18(19)21)12-17(14-8-4-2-5-9-14)20(13)15-10-6-3-7-11-15/h2-12H,1H3,(H2,19,21). The van der Waals surface area contributed by atoms with Gasteiger partial charge >= 0.3 is 0 Å². The maximum atomic E-state index is 11.7. The van der Waals surface area contributed by atoms with Gasteiger partial charge in [-0.2, -0.15) is 0 Å². The molecule has 2 N–H and O–H groups in total. The number of hydrogen-bond acceptors (Lipinski definition) is 1. The van der Waals surface area contributed by atoms with Crippen molar-refractivity contribution in [3.8, 4) is 16.9 Å². The Morgan fingerprint density at radius 3 is 2.10 bits per heavy atom. The van der Waals surface area contributed by atoms with Crippen molar-refractivity contribution >= 4 is 5.91 Å². The molecule has 1 amide bonds. The number of aromatic nitrogens is 1. The van der Waals surface area contributed by atoms with Gasteiger partial charge in [0.2, 0.25) is 0 Å². The van der Waals surface area contributed by atoms with E-state index in [0.717, 1.165) is 22.6 Å². The van der Waals surface area contributed by atoms with E-state index >= 15 is 0 Å². The second-order valence-corrected chi connectivity index (χ2v) is 4.93. The first-order valence-electron chi connectivity index (χ1n) is 6.81. The molecule has 0 fully saturated rings. The fraction of sp³-hybridized carbons (Fsp3) is 0.0556. The van der Waals surface area contributed by atoms with E-state index in [4.69, 9.17) is 5.73 Å². The van der Waals surface area contributed by atoms with Crippen molar-refractivity contribution in [1.29, 1.82) is 0 Å². The quantitative estimate of drug-likeness (QED) is 0.781. The van der Waals surface area contributed by atoms with Gasteiger partial charge in [0.05, 0.1) is 11.3 Å². The van der Waals surface area contributed by atoms with E-state index in [0.29, 0.717) is 5.56 Å². The zero-order valence-electron chi connectivity index (χ0n) is 11.8. The molecule has 0 unspecified atom stereocenters. The lowest BCUT2D eigenvalue weighted by molar-refractivity contribution is 0.1000. The lowest BCUT2D eigenvalue weighted by atomic mass is 10.1. The Kier molecular flexibility index (Phi) is 3.32. The third-order valence-corrected chi connectivity index (χ3v) is 3.60. The molecule has 1 aromatic heterocycles. The predicted molar refractivity (Wildman–Crippen MR) is 84.5 cm³/mol. The van der Waals surface area contributed by atoms with E-state index in [1.54, 1.807) is 0 Å². The Morgan fingerprint density at radius 1 is 0.952 bits per heavy atom. The molecule has 3 aromatic rings. The largest absolute Gasteiger partial charge is 0.366 e. The average Bonchev–Trinajstić information content (AvgIpc) is 2.87. The van der Waals surface area contributed by atoms with Gasteiger partial charge in [-0.05, 0) is 30.7 Å². The van der Waals surface area contributed by atoms with E-state index in [2.05, 4.69) is 4.57 Å². The van der Waals surface area contributed by atoms with E-state index in [-0.39, 0.29) is 0 Å². The monoisotopic (exact) mass is 276 g/mol. The average molecular weight is 276 g/mol. The third kappa shape index (κ3) is 2.34. The Hall–Kier alpha value is -2.81. The minimum atomic E-state index is -0.403. The molecule has 0 radical (unpaired) electrons. The molecule has 0 aliphatic carbocycles. The Labute approximate surface area is 123 Å². The fourth-order valence-corrected chi connectivity index (χ4v) is 2.59. The first-order chi connectivity index (χ1) is 10.2. The summed E-state index contributed by atoms with van der Waals surface area (Å²) in [6, 6.07) is 21.8. The summed E-state index contributed by atoms with van der Waals surface area (Å²) in [5.74, 6) is -0.403. The maximum absolute atomic E-state index is 11.7. The lowest BCUT2D eigenvalue weighted by Gasteiger charge is -2.12. The number of rotatable bonds is 3. The maximum Gasteiger partial charge on any atom is 0.250 e. The summed E-state index contributed by atoms with van der Waals surface area (Å²) in [6.07, 6.45) is 0. The van der Waals surface area contributed by atoms with E-state index in [1.807, 2.05) is 73.7 Å². The highest BCUT2D eigenvalue weighted by Gasteiger charge is 2.17. The highest BCUT2D eigenvalue weighted by Crippen LogP contribution is 2.29. The van der Waals surface area contributed by atoms with E-state index in [1.165, 1.54) is 0 Å². The van der Waals surface area contributed by atoms with Gasteiger partial charge in [0.25, 0.3) is 5.91 Å². The number of amides is 1. The topological polar surface area (TPSA) is 48.0 Å². The number of para-hydroxylation sites is 1. The smallest absolute Gasteiger partial charge is 0.250 e. The molecule has 0 aliphatic rings. The Balaban J connectivity index is 2.29. The SMILES string of the molecule is Cc1c(C(N)=O)cc(-c2ccccc2)n1-c1ccccc1. The molecule has 2 aromatic carbocycles. The van der Waals surface area contributed by atoms with Gasteiger partial charge in [-0.3, -0.25) is 4.79 Å². The normalized spacial score (nSPS) is 10.5. The number of primary amides is 1. The van der Waals surface area contributed by atoms with Gasteiger partial charge in [-0.1, -0.05) is 48.5 Å². The van der Waals surface area contributed by atoms with Gasteiger partial charge in [-0.15, -0.1) is 0 Å². The number of nitrogens with two attached hydrogens (primary N) is 1. The molecule has 0 saturated heterocycles. The zero-order valence-corrected chi connectivity index (χ0v) is 11.8. The van der Waals surface area contributed by atoms with Gasteiger partial charge in [0.1, 0.15) is 0 Å². The van der Waals surface area contributed by atoms with Crippen LogP contribution in [0, 0.1) is 6.92 Å². The summed E-state index contributed by atoms with van der Waals surface area (Å²) in [4.78, 5) is 11.7. The first-order valence-corrected chi connectivity index (χ1v) is 6.81. The van der Waals surface area contributed by atoms with Crippen LogP contribution in [0.1, 0.15) is 16.1 Å². The van der Waals surface area contributed by atoms with Crippen molar-refractivity contribution in [2.45, 2.75) is 6.92 Å². The summed E-state index contributed by atoms with van der Waals surface area (Å²) in [6.45, 7) is 1.92. The summed E-state index contributed by atoms with van der Waals surface area (Å²) in [5.41, 5.74) is 9.94. The van der Waals surface area contributed by atoms with Gasteiger partial charge in [0, 0.05) is 11.4 Å². The highest BCUT2D eigenvalue weighted by molar-refractivity contribution is 5.96. The van der Waals surface area contributed by atoms with Crippen LogP contribution in [-0.2, 0) is 0 Å². The van der Waals surface area contributed by atoms with Crippen LogP contribution in [0.3, 0.4) is 0 Å². The molecule has 3 nitrogen and oxygen atoms in total.